The van der Waals surface area contributed by atoms with Crippen LogP contribution in [0, 0.1) is 2.88 Å². The number of thioether (sulfide) groups is 1. The zero-order valence-electron chi connectivity index (χ0n) is 9.09. The van der Waals surface area contributed by atoms with E-state index in [4.69, 9.17) is 0 Å². The van der Waals surface area contributed by atoms with Gasteiger partial charge in [-0.3, -0.25) is 4.79 Å². The molecule has 1 aliphatic rings. The Morgan fingerprint density at radius 2 is 2.50 bits per heavy atom. The van der Waals surface area contributed by atoms with Gasteiger partial charge in [0.15, 0.2) is 0 Å². The molecule has 2 heterocycles. The predicted octanol–water partition coefficient (Wildman–Crippen LogP) is 3.37. The first-order chi connectivity index (χ1) is 7.59. The number of hydrogen-bond acceptors (Lipinski definition) is 3. The Labute approximate surface area is 118 Å². The Balaban J connectivity index is 1.88. The summed E-state index contributed by atoms with van der Waals surface area (Å²) in [6, 6.07) is 1.94. The average Bonchev–Trinajstić information content (AvgIpc) is 2.85. The van der Waals surface area contributed by atoms with E-state index < -0.39 is 0 Å². The number of amides is 1. The van der Waals surface area contributed by atoms with Crippen molar-refractivity contribution in [1.29, 1.82) is 0 Å². The minimum absolute atomic E-state index is 0.0629. The second-order valence-corrected chi connectivity index (χ2v) is 8.71. The monoisotopic (exact) mass is 367 g/mol. The molecule has 0 aromatic carbocycles. The van der Waals surface area contributed by atoms with Gasteiger partial charge in [0.25, 0.3) is 5.91 Å². The first-order valence-corrected chi connectivity index (χ1v) is 8.20. The fraction of sp³-hybridized carbons (Fsp3) is 0.545. The van der Waals surface area contributed by atoms with Crippen LogP contribution >= 0.6 is 45.7 Å². The van der Waals surface area contributed by atoms with Crippen molar-refractivity contribution in [2.24, 2.45) is 0 Å². The van der Waals surface area contributed by atoms with Crippen molar-refractivity contribution in [1.82, 2.24) is 5.32 Å². The standard InChI is InChI=1S/C11H14INOS2/c1-11(3-2-4-16-11)7-13-10(14)8-5-9(12)15-6-8/h5-6H,2-4,7H2,1H3,(H,13,14). The van der Waals surface area contributed by atoms with Crippen LogP contribution in [-0.2, 0) is 0 Å². The Morgan fingerprint density at radius 3 is 3.06 bits per heavy atom. The van der Waals surface area contributed by atoms with E-state index >= 15 is 0 Å². The SMILES string of the molecule is CC1(CNC(=O)c2csc(I)c2)CCCS1. The summed E-state index contributed by atoms with van der Waals surface area (Å²) in [5, 5.41) is 4.96. The molecule has 2 nitrogen and oxygen atoms in total. The van der Waals surface area contributed by atoms with Crippen molar-refractivity contribution >= 4 is 51.6 Å². The van der Waals surface area contributed by atoms with Crippen LogP contribution < -0.4 is 5.32 Å². The quantitative estimate of drug-likeness (QED) is 0.830. The fourth-order valence-corrected chi connectivity index (χ4v) is 4.35. The third-order valence-electron chi connectivity index (χ3n) is 2.75. The molecular weight excluding hydrogens is 353 g/mol. The number of thiophene rings is 1. The fourth-order valence-electron chi connectivity index (χ4n) is 1.77. The van der Waals surface area contributed by atoms with Gasteiger partial charge in [0.1, 0.15) is 0 Å². The van der Waals surface area contributed by atoms with Crippen molar-refractivity contribution in [3.05, 3.63) is 19.9 Å². The highest BCUT2D eigenvalue weighted by atomic mass is 127. The molecule has 1 fully saturated rings. The first kappa shape index (κ1) is 12.7. The van der Waals surface area contributed by atoms with Gasteiger partial charge < -0.3 is 5.32 Å². The Kier molecular flexibility index (Phi) is 4.18. The summed E-state index contributed by atoms with van der Waals surface area (Å²) in [6.45, 7) is 3.02. The van der Waals surface area contributed by atoms with Crippen LogP contribution in [0.15, 0.2) is 11.4 Å². The highest BCUT2D eigenvalue weighted by Crippen LogP contribution is 2.37. The summed E-state index contributed by atoms with van der Waals surface area (Å²) < 4.78 is 1.41. The van der Waals surface area contributed by atoms with Crippen LogP contribution in [-0.4, -0.2) is 23.0 Å². The zero-order chi connectivity index (χ0) is 11.6. The summed E-state index contributed by atoms with van der Waals surface area (Å²) >= 11 is 5.82. The van der Waals surface area contributed by atoms with E-state index in [1.54, 1.807) is 11.3 Å². The minimum atomic E-state index is 0.0629. The summed E-state index contributed by atoms with van der Waals surface area (Å²) in [6.07, 6.45) is 2.48. The highest BCUT2D eigenvalue weighted by Gasteiger charge is 2.29. The molecule has 1 saturated heterocycles. The van der Waals surface area contributed by atoms with Crippen LogP contribution in [0.3, 0.4) is 0 Å². The lowest BCUT2D eigenvalue weighted by Gasteiger charge is -2.22. The normalized spacial score (nSPS) is 24.6. The third-order valence-corrected chi connectivity index (χ3v) is 6.08. The molecule has 0 spiro atoms. The molecule has 0 aliphatic carbocycles. The second kappa shape index (κ2) is 5.27. The van der Waals surface area contributed by atoms with Crippen LogP contribution in [0.2, 0.25) is 0 Å². The largest absolute Gasteiger partial charge is 0.351 e. The first-order valence-electron chi connectivity index (χ1n) is 5.25. The zero-order valence-corrected chi connectivity index (χ0v) is 12.9. The lowest BCUT2D eigenvalue weighted by atomic mass is 10.1. The summed E-state index contributed by atoms with van der Waals surface area (Å²) in [5.41, 5.74) is 0.793. The molecule has 1 N–H and O–H groups in total. The van der Waals surface area contributed by atoms with Gasteiger partial charge in [-0.1, -0.05) is 0 Å². The van der Waals surface area contributed by atoms with Crippen molar-refractivity contribution in [3.63, 3.8) is 0 Å². The number of rotatable bonds is 3. The summed E-state index contributed by atoms with van der Waals surface area (Å²) in [5.74, 6) is 1.29. The van der Waals surface area contributed by atoms with E-state index in [0.29, 0.717) is 0 Å². The van der Waals surface area contributed by atoms with Crippen LogP contribution in [0.25, 0.3) is 0 Å². The molecule has 1 unspecified atom stereocenters. The Bertz CT molecular complexity index is 385. The lowest BCUT2D eigenvalue weighted by Crippen LogP contribution is -2.36. The van der Waals surface area contributed by atoms with Gasteiger partial charge >= 0.3 is 0 Å². The Morgan fingerprint density at radius 1 is 1.69 bits per heavy atom. The molecular formula is C11H14INOS2. The molecule has 5 heteroatoms. The maximum Gasteiger partial charge on any atom is 0.252 e. The van der Waals surface area contributed by atoms with E-state index in [9.17, 15) is 4.79 Å². The topological polar surface area (TPSA) is 29.1 Å². The van der Waals surface area contributed by atoms with Gasteiger partial charge in [-0.15, -0.1) is 11.3 Å². The Hall–Kier alpha value is 0.250. The smallest absolute Gasteiger partial charge is 0.252 e. The molecule has 1 amide bonds. The van der Waals surface area contributed by atoms with E-state index in [1.165, 1.54) is 18.6 Å². The van der Waals surface area contributed by atoms with E-state index in [1.807, 2.05) is 23.2 Å². The molecule has 88 valence electrons. The van der Waals surface area contributed by atoms with Gasteiger partial charge in [-0.05, 0) is 54.2 Å². The maximum atomic E-state index is 11.8. The minimum Gasteiger partial charge on any atom is -0.351 e. The van der Waals surface area contributed by atoms with Crippen molar-refractivity contribution in [2.75, 3.05) is 12.3 Å². The molecule has 2 rings (SSSR count). The number of carbonyl (C=O) groups excluding carboxylic acids is 1. The molecule has 16 heavy (non-hydrogen) atoms. The molecule has 0 bridgehead atoms. The van der Waals surface area contributed by atoms with E-state index in [-0.39, 0.29) is 10.7 Å². The van der Waals surface area contributed by atoms with Crippen LogP contribution in [0.5, 0.6) is 0 Å². The molecule has 1 aromatic rings. The lowest BCUT2D eigenvalue weighted by molar-refractivity contribution is 0.0950. The third kappa shape index (κ3) is 3.13. The van der Waals surface area contributed by atoms with Gasteiger partial charge in [0.2, 0.25) is 0 Å². The number of halogens is 1. The number of carbonyl (C=O) groups is 1. The van der Waals surface area contributed by atoms with Crippen molar-refractivity contribution in [3.8, 4) is 0 Å². The van der Waals surface area contributed by atoms with Gasteiger partial charge in [-0.2, -0.15) is 11.8 Å². The van der Waals surface area contributed by atoms with Gasteiger partial charge in [0.05, 0.1) is 8.45 Å². The van der Waals surface area contributed by atoms with Crippen molar-refractivity contribution in [2.45, 2.75) is 24.5 Å². The van der Waals surface area contributed by atoms with Crippen LogP contribution in [0.4, 0.5) is 0 Å². The van der Waals surface area contributed by atoms with E-state index in [0.717, 1.165) is 15.0 Å². The molecule has 1 atom stereocenters. The molecule has 1 aromatic heterocycles. The number of hydrogen-bond donors (Lipinski definition) is 1. The highest BCUT2D eigenvalue weighted by molar-refractivity contribution is 14.1. The predicted molar refractivity (Wildman–Crippen MR) is 79.5 cm³/mol. The second-order valence-electron chi connectivity index (χ2n) is 4.22. The average molecular weight is 367 g/mol. The number of nitrogens with one attached hydrogen (secondary N) is 1. The molecule has 0 radical (unpaired) electrons. The summed E-state index contributed by atoms with van der Waals surface area (Å²) in [4.78, 5) is 11.8. The maximum absolute atomic E-state index is 11.8. The van der Waals surface area contributed by atoms with Crippen LogP contribution in [0.1, 0.15) is 30.1 Å². The molecule has 1 aliphatic heterocycles. The van der Waals surface area contributed by atoms with Crippen molar-refractivity contribution < 1.29 is 4.79 Å². The summed E-state index contributed by atoms with van der Waals surface area (Å²) in [7, 11) is 0. The van der Waals surface area contributed by atoms with Gasteiger partial charge in [-0.25, -0.2) is 0 Å². The van der Waals surface area contributed by atoms with E-state index in [2.05, 4.69) is 34.8 Å². The van der Waals surface area contributed by atoms with Gasteiger partial charge in [0, 0.05) is 16.7 Å². The molecule has 0 saturated carbocycles.